The molecule has 0 aromatic carbocycles. The van der Waals surface area contributed by atoms with Crippen LogP contribution in [0.5, 0.6) is 0 Å². The number of rotatable bonds is 3. The third-order valence-corrected chi connectivity index (χ3v) is 5.08. The third kappa shape index (κ3) is 3.45. The number of aliphatic hydroxyl groups excluding tert-OH is 1. The molecule has 0 bridgehead atoms. The van der Waals surface area contributed by atoms with E-state index in [1.165, 1.54) is 0 Å². The maximum atomic E-state index is 10.1. The number of hydrogen-bond donors (Lipinski definition) is 2. The highest BCUT2D eigenvalue weighted by atomic mass is 16.3. The van der Waals surface area contributed by atoms with E-state index in [2.05, 4.69) is 25.4 Å². The van der Waals surface area contributed by atoms with Gasteiger partial charge in [0.05, 0.1) is 29.7 Å². The molecule has 5 heterocycles. The van der Waals surface area contributed by atoms with Gasteiger partial charge in [0.2, 0.25) is 0 Å². The van der Waals surface area contributed by atoms with Crippen LogP contribution in [0.1, 0.15) is 0 Å². The van der Waals surface area contributed by atoms with Crippen LogP contribution in [0, 0.1) is 0 Å². The van der Waals surface area contributed by atoms with Crippen LogP contribution in [0.2, 0.25) is 0 Å². The lowest BCUT2D eigenvalue weighted by Gasteiger charge is -2.23. The number of nitrogens with one attached hydrogen (secondary N) is 1. The van der Waals surface area contributed by atoms with Crippen molar-refractivity contribution in [1.82, 2.24) is 34.8 Å². The highest BCUT2D eigenvalue weighted by Crippen LogP contribution is 2.24. The molecule has 1 saturated heterocycles. The van der Waals surface area contributed by atoms with E-state index in [9.17, 15) is 5.11 Å². The standard InChI is InChI=1S/C20H22N8O/c1-26-12-15(10-23-26)17-7-18-14(8-22-17)9-24-28(18)20-4-2-3-19(25-20)27-6-5-21-11-16(29)13-27/h2-4,7-10,12,16,21,29H,5-6,11,13H2,1H3/t16-/m0/s1. The first-order chi connectivity index (χ1) is 14.2. The van der Waals surface area contributed by atoms with Crippen LogP contribution in [0.4, 0.5) is 5.82 Å². The molecule has 9 nitrogen and oxygen atoms in total. The molecule has 0 radical (unpaired) electrons. The van der Waals surface area contributed by atoms with E-state index in [0.717, 1.165) is 46.9 Å². The summed E-state index contributed by atoms with van der Waals surface area (Å²) in [5.41, 5.74) is 2.72. The summed E-state index contributed by atoms with van der Waals surface area (Å²) in [6.45, 7) is 2.76. The number of β-amino-alcohol motifs (C(OH)–C–C–N with tert-alkyl or cyclic N) is 1. The van der Waals surface area contributed by atoms with Crippen molar-refractivity contribution in [2.45, 2.75) is 6.10 Å². The minimum Gasteiger partial charge on any atom is -0.390 e. The van der Waals surface area contributed by atoms with Crippen LogP contribution in [0.25, 0.3) is 28.0 Å². The summed E-state index contributed by atoms with van der Waals surface area (Å²) in [6.07, 6.45) is 6.94. The number of aromatic nitrogens is 6. The Kier molecular flexibility index (Phi) is 4.45. The monoisotopic (exact) mass is 390 g/mol. The van der Waals surface area contributed by atoms with E-state index in [0.29, 0.717) is 13.1 Å². The number of aliphatic hydroxyl groups is 1. The van der Waals surface area contributed by atoms with E-state index in [-0.39, 0.29) is 0 Å². The molecule has 0 spiro atoms. The fourth-order valence-electron chi connectivity index (χ4n) is 3.62. The molecule has 9 heteroatoms. The number of nitrogens with zero attached hydrogens (tertiary/aromatic N) is 7. The fourth-order valence-corrected chi connectivity index (χ4v) is 3.62. The largest absolute Gasteiger partial charge is 0.390 e. The highest BCUT2D eigenvalue weighted by Gasteiger charge is 2.18. The van der Waals surface area contributed by atoms with Crippen molar-refractivity contribution >= 4 is 16.7 Å². The van der Waals surface area contributed by atoms with E-state index < -0.39 is 6.10 Å². The van der Waals surface area contributed by atoms with Crippen LogP contribution in [-0.4, -0.2) is 66.9 Å². The predicted molar refractivity (Wildman–Crippen MR) is 110 cm³/mol. The van der Waals surface area contributed by atoms with Gasteiger partial charge in [-0.25, -0.2) is 9.67 Å². The Balaban J connectivity index is 1.53. The molecule has 1 fully saturated rings. The molecule has 5 rings (SSSR count). The first kappa shape index (κ1) is 17.8. The Morgan fingerprint density at radius 2 is 2.03 bits per heavy atom. The Morgan fingerprint density at radius 3 is 2.90 bits per heavy atom. The smallest absolute Gasteiger partial charge is 0.156 e. The van der Waals surface area contributed by atoms with Gasteiger partial charge in [0.25, 0.3) is 0 Å². The summed E-state index contributed by atoms with van der Waals surface area (Å²) in [4.78, 5) is 11.5. The van der Waals surface area contributed by atoms with Crippen molar-refractivity contribution in [2.24, 2.45) is 7.05 Å². The number of anilines is 1. The molecular weight excluding hydrogens is 368 g/mol. The lowest BCUT2D eigenvalue weighted by molar-refractivity contribution is 0.184. The zero-order valence-electron chi connectivity index (χ0n) is 16.1. The summed E-state index contributed by atoms with van der Waals surface area (Å²) < 4.78 is 3.58. The second-order valence-corrected chi connectivity index (χ2v) is 7.25. The lowest BCUT2D eigenvalue weighted by atomic mass is 10.2. The Hall–Kier alpha value is -3.30. The zero-order chi connectivity index (χ0) is 19.8. The molecule has 4 aromatic heterocycles. The average molecular weight is 390 g/mol. The molecular formula is C20H22N8O. The van der Waals surface area contributed by atoms with Crippen LogP contribution < -0.4 is 10.2 Å². The van der Waals surface area contributed by atoms with Crippen molar-refractivity contribution in [3.8, 4) is 17.1 Å². The fraction of sp³-hybridized carbons (Fsp3) is 0.300. The van der Waals surface area contributed by atoms with Gasteiger partial charge in [0, 0.05) is 56.6 Å². The van der Waals surface area contributed by atoms with Crippen LogP contribution >= 0.6 is 0 Å². The summed E-state index contributed by atoms with van der Waals surface area (Å²) in [5, 5.41) is 23.0. The van der Waals surface area contributed by atoms with Crippen LogP contribution in [-0.2, 0) is 7.05 Å². The summed E-state index contributed by atoms with van der Waals surface area (Å²) in [6, 6.07) is 7.88. The van der Waals surface area contributed by atoms with Crippen LogP contribution in [0.15, 0.2) is 49.1 Å². The van der Waals surface area contributed by atoms with Crippen molar-refractivity contribution < 1.29 is 5.11 Å². The number of pyridine rings is 2. The molecule has 0 unspecified atom stereocenters. The maximum absolute atomic E-state index is 10.1. The molecule has 148 valence electrons. The zero-order valence-corrected chi connectivity index (χ0v) is 16.1. The second kappa shape index (κ2) is 7.26. The van der Waals surface area contributed by atoms with Gasteiger partial charge < -0.3 is 15.3 Å². The molecule has 1 aliphatic rings. The predicted octanol–water partition coefficient (Wildman–Crippen LogP) is 0.986. The van der Waals surface area contributed by atoms with Gasteiger partial charge in [-0.05, 0) is 18.2 Å². The quantitative estimate of drug-likeness (QED) is 0.538. The SMILES string of the molecule is Cn1cc(-c2cc3c(cn2)cnn3-c2cccc(N3CCNC[C@H](O)C3)n2)cn1. The highest BCUT2D eigenvalue weighted by molar-refractivity contribution is 5.83. The molecule has 1 aliphatic heterocycles. The van der Waals surface area contributed by atoms with Crippen molar-refractivity contribution in [2.75, 3.05) is 31.1 Å². The molecule has 0 saturated carbocycles. The third-order valence-electron chi connectivity index (χ3n) is 5.08. The Bertz CT molecular complexity index is 1150. The van der Waals surface area contributed by atoms with Gasteiger partial charge in [-0.3, -0.25) is 9.67 Å². The van der Waals surface area contributed by atoms with Crippen molar-refractivity contribution in [3.63, 3.8) is 0 Å². The van der Waals surface area contributed by atoms with Crippen molar-refractivity contribution in [3.05, 3.63) is 49.1 Å². The van der Waals surface area contributed by atoms with Gasteiger partial charge in [-0.15, -0.1) is 0 Å². The Morgan fingerprint density at radius 1 is 1.14 bits per heavy atom. The average Bonchev–Trinajstić information content (AvgIpc) is 3.29. The van der Waals surface area contributed by atoms with E-state index >= 15 is 0 Å². The number of fused-ring (bicyclic) bond motifs is 1. The van der Waals surface area contributed by atoms with Gasteiger partial charge >= 0.3 is 0 Å². The maximum Gasteiger partial charge on any atom is 0.156 e. The van der Waals surface area contributed by atoms with E-state index in [1.54, 1.807) is 17.1 Å². The minimum atomic E-state index is -0.415. The summed E-state index contributed by atoms with van der Waals surface area (Å²) in [5.74, 6) is 1.56. The first-order valence-electron chi connectivity index (χ1n) is 9.61. The van der Waals surface area contributed by atoms with E-state index in [1.807, 2.05) is 48.4 Å². The number of hydrogen-bond acceptors (Lipinski definition) is 7. The normalized spacial score (nSPS) is 17.6. The van der Waals surface area contributed by atoms with Gasteiger partial charge in [-0.2, -0.15) is 10.2 Å². The molecule has 0 amide bonds. The molecule has 29 heavy (non-hydrogen) atoms. The lowest BCUT2D eigenvalue weighted by Crippen LogP contribution is -2.33. The molecule has 1 atom stereocenters. The minimum absolute atomic E-state index is 0.415. The van der Waals surface area contributed by atoms with E-state index in [4.69, 9.17) is 4.98 Å². The summed E-state index contributed by atoms with van der Waals surface area (Å²) >= 11 is 0. The Labute approximate surface area is 167 Å². The van der Waals surface area contributed by atoms with Crippen molar-refractivity contribution in [1.29, 1.82) is 0 Å². The number of aryl methyl sites for hydroxylation is 1. The van der Waals surface area contributed by atoms with Crippen LogP contribution in [0.3, 0.4) is 0 Å². The topological polar surface area (TPSA) is 96.9 Å². The molecule has 0 aliphatic carbocycles. The van der Waals surface area contributed by atoms with Gasteiger partial charge in [-0.1, -0.05) is 6.07 Å². The van der Waals surface area contributed by atoms with Gasteiger partial charge in [0.15, 0.2) is 5.82 Å². The molecule has 4 aromatic rings. The second-order valence-electron chi connectivity index (χ2n) is 7.25. The summed E-state index contributed by atoms with van der Waals surface area (Å²) in [7, 11) is 1.89. The first-order valence-corrected chi connectivity index (χ1v) is 9.61. The molecule has 2 N–H and O–H groups in total. The van der Waals surface area contributed by atoms with Gasteiger partial charge in [0.1, 0.15) is 5.82 Å².